The molecule has 1 heterocycles. The van der Waals surface area contributed by atoms with Crippen LogP contribution in [0.3, 0.4) is 0 Å². The maximum Gasteiger partial charge on any atom is 0.123 e. The van der Waals surface area contributed by atoms with Gasteiger partial charge in [0, 0.05) is 36.4 Å². The molecule has 2 rings (SSSR count). The molecule has 0 N–H and O–H groups in total. The number of hydrogen-bond donors (Lipinski definition) is 0. The summed E-state index contributed by atoms with van der Waals surface area (Å²) in [5, 5.41) is 1.03. The molecule has 0 aromatic heterocycles. The van der Waals surface area contributed by atoms with E-state index in [9.17, 15) is 4.57 Å². The smallest absolute Gasteiger partial charge is 0.123 e. The molecule has 0 spiro atoms. The maximum absolute atomic E-state index is 12.8. The molecule has 1 atom stereocenters. The Kier molecular flexibility index (Phi) is 3.97. The fourth-order valence-electron chi connectivity index (χ4n) is 2.56. The summed E-state index contributed by atoms with van der Waals surface area (Å²) in [6.45, 7) is 8.40. The van der Waals surface area contributed by atoms with E-state index in [0.717, 1.165) is 30.7 Å². The average Bonchev–Trinajstić information content (AvgIpc) is 2.73. The van der Waals surface area contributed by atoms with Crippen molar-refractivity contribution >= 4 is 18.1 Å². The van der Waals surface area contributed by atoms with E-state index in [4.69, 9.17) is 0 Å². The molecule has 0 unspecified atom stereocenters. The van der Waals surface area contributed by atoms with Gasteiger partial charge in [0.2, 0.25) is 0 Å². The van der Waals surface area contributed by atoms with Crippen LogP contribution < -0.4 is 10.2 Å². The van der Waals surface area contributed by atoms with Crippen molar-refractivity contribution < 1.29 is 4.57 Å². The van der Waals surface area contributed by atoms with Crippen LogP contribution >= 0.6 is 7.14 Å². The molecule has 3 heteroatoms. The Bertz CT molecular complexity index is 486. The second kappa shape index (κ2) is 5.32. The lowest BCUT2D eigenvalue weighted by atomic mass is 10.3. The van der Waals surface area contributed by atoms with Crippen LogP contribution in [0.1, 0.15) is 20.8 Å². The predicted molar refractivity (Wildman–Crippen MR) is 80.7 cm³/mol. The van der Waals surface area contributed by atoms with Crippen LogP contribution in [-0.4, -0.2) is 25.4 Å². The van der Waals surface area contributed by atoms with E-state index in [1.807, 2.05) is 0 Å². The summed E-state index contributed by atoms with van der Waals surface area (Å²) in [6, 6.07) is 8.33. The zero-order valence-corrected chi connectivity index (χ0v) is 12.4. The number of allylic oxidation sites excluding steroid dienone is 2. The molecule has 2 nitrogen and oxygen atoms in total. The summed E-state index contributed by atoms with van der Waals surface area (Å²) < 4.78 is 12.8. The van der Waals surface area contributed by atoms with E-state index in [0.29, 0.717) is 0 Å². The van der Waals surface area contributed by atoms with Crippen molar-refractivity contribution in [1.82, 2.24) is 0 Å². The van der Waals surface area contributed by atoms with Crippen LogP contribution in [0.2, 0.25) is 0 Å². The van der Waals surface area contributed by atoms with E-state index in [2.05, 4.69) is 56.0 Å². The van der Waals surface area contributed by atoms with Crippen LogP contribution in [0.15, 0.2) is 35.9 Å². The largest absolute Gasteiger partial charge is 0.372 e. The Labute approximate surface area is 110 Å². The van der Waals surface area contributed by atoms with Crippen molar-refractivity contribution in [2.45, 2.75) is 20.8 Å². The molecular formula is C15H22NOP. The quantitative estimate of drug-likeness (QED) is 0.612. The third-order valence-corrected chi connectivity index (χ3v) is 6.71. The summed E-state index contributed by atoms with van der Waals surface area (Å²) in [6.07, 6.45) is 3.63. The Morgan fingerprint density at radius 1 is 1.17 bits per heavy atom. The van der Waals surface area contributed by atoms with Crippen LogP contribution in [0.25, 0.3) is 0 Å². The number of nitrogens with zero attached hydrogens (tertiary/aromatic N) is 1. The lowest BCUT2D eigenvalue weighted by molar-refractivity contribution is 0.585. The van der Waals surface area contributed by atoms with E-state index in [1.165, 1.54) is 11.3 Å². The predicted octanol–water partition coefficient (Wildman–Crippen LogP) is 3.48. The maximum atomic E-state index is 12.8. The summed E-state index contributed by atoms with van der Waals surface area (Å²) in [7, 11) is -2.16. The SMILES string of the molecule is CCN(CC)c1ccc([P@]2(=O)CC=C(C)C2)cc1. The molecule has 1 aromatic rings. The molecular weight excluding hydrogens is 241 g/mol. The number of benzene rings is 1. The molecule has 0 bridgehead atoms. The van der Waals surface area contributed by atoms with Crippen molar-refractivity contribution in [2.24, 2.45) is 0 Å². The first kappa shape index (κ1) is 13.4. The van der Waals surface area contributed by atoms with Gasteiger partial charge in [-0.1, -0.05) is 11.6 Å². The van der Waals surface area contributed by atoms with Crippen molar-refractivity contribution in [3.05, 3.63) is 35.9 Å². The van der Waals surface area contributed by atoms with Gasteiger partial charge >= 0.3 is 0 Å². The van der Waals surface area contributed by atoms with Gasteiger partial charge in [0.05, 0.1) is 0 Å². The molecule has 98 valence electrons. The van der Waals surface area contributed by atoms with E-state index in [-0.39, 0.29) is 0 Å². The molecule has 1 aromatic carbocycles. The molecule has 0 amide bonds. The van der Waals surface area contributed by atoms with Crippen LogP contribution in [0, 0.1) is 0 Å². The highest BCUT2D eigenvalue weighted by Gasteiger charge is 2.28. The minimum absolute atomic E-state index is 0.740. The fourth-order valence-corrected chi connectivity index (χ4v) is 5.31. The monoisotopic (exact) mass is 263 g/mol. The third kappa shape index (κ3) is 2.54. The van der Waals surface area contributed by atoms with E-state index in [1.54, 1.807) is 0 Å². The standard InChI is InChI=1S/C15H22NOP/c1-4-16(5-2)14-6-8-15(9-7-14)18(17)11-10-13(3)12-18/h6-10H,4-5,11-12H2,1-3H3/t18-/m0/s1. The molecule has 18 heavy (non-hydrogen) atoms. The van der Waals surface area contributed by atoms with Gasteiger partial charge in [0.1, 0.15) is 7.14 Å². The molecule has 0 saturated carbocycles. The number of anilines is 1. The van der Waals surface area contributed by atoms with E-state index < -0.39 is 7.14 Å². The highest BCUT2D eigenvalue weighted by molar-refractivity contribution is 7.72. The average molecular weight is 263 g/mol. The van der Waals surface area contributed by atoms with Gasteiger partial charge in [-0.15, -0.1) is 0 Å². The minimum Gasteiger partial charge on any atom is -0.372 e. The van der Waals surface area contributed by atoms with Crippen molar-refractivity contribution in [2.75, 3.05) is 30.3 Å². The summed E-state index contributed by atoms with van der Waals surface area (Å²) in [5.41, 5.74) is 2.49. The zero-order chi connectivity index (χ0) is 13.2. The van der Waals surface area contributed by atoms with Crippen molar-refractivity contribution in [1.29, 1.82) is 0 Å². The summed E-state index contributed by atoms with van der Waals surface area (Å²) >= 11 is 0. The highest BCUT2D eigenvalue weighted by atomic mass is 31.2. The normalized spacial score (nSPS) is 22.9. The number of rotatable bonds is 4. The first-order chi connectivity index (χ1) is 8.59. The van der Waals surface area contributed by atoms with Gasteiger partial charge in [-0.25, -0.2) is 0 Å². The van der Waals surface area contributed by atoms with E-state index >= 15 is 0 Å². The van der Waals surface area contributed by atoms with Gasteiger partial charge in [-0.05, 0) is 45.0 Å². The summed E-state index contributed by atoms with van der Waals surface area (Å²) in [4.78, 5) is 2.30. The van der Waals surface area contributed by atoms with Gasteiger partial charge < -0.3 is 9.46 Å². The van der Waals surface area contributed by atoms with Gasteiger partial charge in [-0.3, -0.25) is 0 Å². The van der Waals surface area contributed by atoms with Gasteiger partial charge in [0.25, 0.3) is 0 Å². The van der Waals surface area contributed by atoms with Gasteiger partial charge in [-0.2, -0.15) is 0 Å². The fraction of sp³-hybridized carbons (Fsp3) is 0.467. The third-order valence-electron chi connectivity index (χ3n) is 3.69. The van der Waals surface area contributed by atoms with Crippen molar-refractivity contribution in [3.8, 4) is 0 Å². The molecule has 0 aliphatic carbocycles. The Hall–Kier alpha value is -1.01. The Morgan fingerprint density at radius 3 is 2.22 bits per heavy atom. The molecule has 1 aliphatic rings. The molecule has 0 saturated heterocycles. The topological polar surface area (TPSA) is 20.3 Å². The Balaban J connectivity index is 2.21. The van der Waals surface area contributed by atoms with Gasteiger partial charge in [0.15, 0.2) is 0 Å². The van der Waals surface area contributed by atoms with Crippen LogP contribution in [0.5, 0.6) is 0 Å². The highest BCUT2D eigenvalue weighted by Crippen LogP contribution is 2.50. The minimum atomic E-state index is -2.16. The summed E-state index contributed by atoms with van der Waals surface area (Å²) in [5.74, 6) is 0. The first-order valence-corrected chi connectivity index (χ1v) is 8.76. The number of hydrogen-bond acceptors (Lipinski definition) is 2. The van der Waals surface area contributed by atoms with Crippen LogP contribution in [-0.2, 0) is 4.57 Å². The lowest BCUT2D eigenvalue weighted by Crippen LogP contribution is -2.22. The second-order valence-electron chi connectivity index (χ2n) is 4.97. The molecule has 0 fully saturated rings. The zero-order valence-electron chi connectivity index (χ0n) is 11.5. The Morgan fingerprint density at radius 2 is 1.78 bits per heavy atom. The molecule has 0 radical (unpaired) electrons. The second-order valence-corrected chi connectivity index (χ2v) is 7.95. The van der Waals surface area contributed by atoms with Crippen molar-refractivity contribution in [3.63, 3.8) is 0 Å². The van der Waals surface area contributed by atoms with Crippen LogP contribution in [0.4, 0.5) is 5.69 Å². The lowest BCUT2D eigenvalue weighted by Gasteiger charge is -2.22. The molecule has 1 aliphatic heterocycles. The first-order valence-electron chi connectivity index (χ1n) is 6.68.